The minimum absolute atomic E-state index is 0.0325. The minimum Gasteiger partial charge on any atom is -0.268 e. The molecule has 2 amide bonds. The summed E-state index contributed by atoms with van der Waals surface area (Å²) in [6, 6.07) is 10.2. The Kier molecular flexibility index (Phi) is 2.59. The predicted molar refractivity (Wildman–Crippen MR) is 77.2 cm³/mol. The molecule has 1 aromatic carbocycles. The van der Waals surface area contributed by atoms with Gasteiger partial charge >= 0.3 is 0 Å². The van der Waals surface area contributed by atoms with E-state index in [4.69, 9.17) is 0 Å². The number of carbonyl (C=O) groups excluding carboxylic acids is 2. The van der Waals surface area contributed by atoms with Crippen molar-refractivity contribution in [1.29, 1.82) is 0 Å². The molecule has 0 saturated heterocycles. The minimum atomic E-state index is -0.419. The topological polar surface area (TPSA) is 91.8 Å². The maximum atomic E-state index is 12.4. The van der Waals surface area contributed by atoms with Crippen LogP contribution in [-0.2, 0) is 0 Å². The molecule has 0 aliphatic carbocycles. The maximum Gasteiger partial charge on any atom is 0.268 e. The number of anilines is 1. The molecular weight excluding hydrogens is 282 g/mol. The van der Waals surface area contributed by atoms with E-state index in [9.17, 15) is 9.59 Å². The summed E-state index contributed by atoms with van der Waals surface area (Å²) < 4.78 is 0. The number of aromatic nitrogens is 4. The largest absolute Gasteiger partial charge is 0.268 e. The van der Waals surface area contributed by atoms with E-state index in [-0.39, 0.29) is 5.95 Å². The number of hydrogen-bond donors (Lipinski definition) is 1. The molecule has 106 valence electrons. The number of nitrogens with one attached hydrogen (secondary N) is 1. The Balaban J connectivity index is 1.74. The third-order valence-corrected chi connectivity index (χ3v) is 3.40. The highest BCUT2D eigenvalue weighted by atomic mass is 16.2. The number of nitrogens with zero attached hydrogens (tertiary/aromatic N) is 4. The zero-order valence-electron chi connectivity index (χ0n) is 11.2. The third-order valence-electron chi connectivity index (χ3n) is 3.40. The van der Waals surface area contributed by atoms with Crippen molar-refractivity contribution in [2.24, 2.45) is 0 Å². The molecule has 0 unspecified atom stereocenters. The molecule has 4 rings (SSSR count). The van der Waals surface area contributed by atoms with Crippen LogP contribution in [0, 0.1) is 0 Å². The van der Waals surface area contributed by atoms with Gasteiger partial charge in [0.1, 0.15) is 0 Å². The average Bonchev–Trinajstić information content (AvgIpc) is 3.13. The first-order valence-corrected chi connectivity index (χ1v) is 6.56. The SMILES string of the molecule is O=C1c2ccccc2C(=O)N1c1n[nH]c(-c2cccnc2)n1. The molecule has 2 aromatic heterocycles. The van der Waals surface area contributed by atoms with Crippen LogP contribution in [0.2, 0.25) is 0 Å². The lowest BCUT2D eigenvalue weighted by molar-refractivity contribution is 0.0924. The van der Waals surface area contributed by atoms with Gasteiger partial charge in [-0.05, 0) is 24.3 Å². The van der Waals surface area contributed by atoms with Crippen molar-refractivity contribution < 1.29 is 9.59 Å². The van der Waals surface area contributed by atoms with Crippen molar-refractivity contribution in [1.82, 2.24) is 20.2 Å². The zero-order chi connectivity index (χ0) is 15.1. The van der Waals surface area contributed by atoms with Crippen molar-refractivity contribution in [2.45, 2.75) is 0 Å². The van der Waals surface area contributed by atoms with Gasteiger partial charge in [-0.15, -0.1) is 5.10 Å². The van der Waals surface area contributed by atoms with Gasteiger partial charge in [0.25, 0.3) is 17.8 Å². The molecule has 7 nitrogen and oxygen atoms in total. The number of fused-ring (bicyclic) bond motifs is 1. The number of H-pyrrole nitrogens is 1. The summed E-state index contributed by atoms with van der Waals surface area (Å²) in [7, 11) is 0. The lowest BCUT2D eigenvalue weighted by Gasteiger charge is -2.07. The zero-order valence-corrected chi connectivity index (χ0v) is 11.2. The second-order valence-electron chi connectivity index (χ2n) is 4.72. The molecule has 1 aliphatic heterocycles. The van der Waals surface area contributed by atoms with E-state index in [0.29, 0.717) is 17.0 Å². The molecule has 3 heterocycles. The molecule has 3 aromatic rings. The number of pyridine rings is 1. The Bertz CT molecular complexity index is 853. The highest BCUT2D eigenvalue weighted by Gasteiger charge is 2.38. The van der Waals surface area contributed by atoms with Crippen LogP contribution in [0.1, 0.15) is 20.7 Å². The quantitative estimate of drug-likeness (QED) is 0.725. The van der Waals surface area contributed by atoms with E-state index < -0.39 is 11.8 Å². The lowest BCUT2D eigenvalue weighted by atomic mass is 10.1. The van der Waals surface area contributed by atoms with E-state index in [2.05, 4.69) is 20.2 Å². The van der Waals surface area contributed by atoms with Crippen LogP contribution in [0.15, 0.2) is 48.8 Å². The van der Waals surface area contributed by atoms with Crippen LogP contribution in [0.3, 0.4) is 0 Å². The van der Waals surface area contributed by atoms with E-state index >= 15 is 0 Å². The molecule has 0 fully saturated rings. The smallest absolute Gasteiger partial charge is 0.268 e. The Morgan fingerprint density at radius 2 is 1.68 bits per heavy atom. The van der Waals surface area contributed by atoms with Gasteiger partial charge in [-0.1, -0.05) is 12.1 Å². The first-order chi connectivity index (χ1) is 10.8. The number of carbonyl (C=O) groups is 2. The number of rotatable bonds is 2. The third kappa shape index (κ3) is 1.72. The van der Waals surface area contributed by atoms with Crippen LogP contribution in [0.25, 0.3) is 11.4 Å². The van der Waals surface area contributed by atoms with Crippen molar-refractivity contribution in [3.8, 4) is 11.4 Å². The Morgan fingerprint density at radius 3 is 2.32 bits per heavy atom. The summed E-state index contributed by atoms with van der Waals surface area (Å²) in [6.45, 7) is 0. The summed E-state index contributed by atoms with van der Waals surface area (Å²) in [4.78, 5) is 33.9. The first kappa shape index (κ1) is 12.4. The monoisotopic (exact) mass is 291 g/mol. The molecule has 0 bridgehead atoms. The number of aromatic amines is 1. The van der Waals surface area contributed by atoms with Crippen LogP contribution >= 0.6 is 0 Å². The Morgan fingerprint density at radius 1 is 0.955 bits per heavy atom. The van der Waals surface area contributed by atoms with E-state index in [1.54, 1.807) is 48.8 Å². The van der Waals surface area contributed by atoms with Gasteiger partial charge in [-0.2, -0.15) is 4.98 Å². The molecule has 1 N–H and O–H groups in total. The van der Waals surface area contributed by atoms with E-state index in [1.165, 1.54) is 0 Å². The molecule has 0 radical (unpaired) electrons. The fourth-order valence-electron chi connectivity index (χ4n) is 2.36. The highest BCUT2D eigenvalue weighted by Crippen LogP contribution is 2.26. The number of hydrogen-bond acceptors (Lipinski definition) is 5. The molecule has 22 heavy (non-hydrogen) atoms. The van der Waals surface area contributed by atoms with Gasteiger partial charge in [-0.25, -0.2) is 4.90 Å². The first-order valence-electron chi connectivity index (χ1n) is 6.56. The summed E-state index contributed by atoms with van der Waals surface area (Å²) in [5.41, 5.74) is 1.44. The second kappa shape index (κ2) is 4.59. The fourth-order valence-corrected chi connectivity index (χ4v) is 2.36. The number of benzene rings is 1. The highest BCUT2D eigenvalue weighted by molar-refractivity contribution is 6.33. The molecule has 0 atom stereocenters. The standard InChI is InChI=1S/C15H9N5O2/c21-13-10-5-1-2-6-11(10)14(22)20(13)15-17-12(18-19-15)9-4-3-7-16-8-9/h1-8H,(H,17,18,19). The fraction of sp³-hybridized carbons (Fsp3) is 0. The van der Waals surface area contributed by atoms with E-state index in [0.717, 1.165) is 10.5 Å². The van der Waals surface area contributed by atoms with Gasteiger partial charge in [-0.3, -0.25) is 19.7 Å². The van der Waals surface area contributed by atoms with Crippen molar-refractivity contribution in [3.63, 3.8) is 0 Å². The summed E-state index contributed by atoms with van der Waals surface area (Å²) in [6.07, 6.45) is 3.26. The number of imide groups is 1. The van der Waals surface area contributed by atoms with Crippen LogP contribution in [0.4, 0.5) is 5.95 Å². The van der Waals surface area contributed by atoms with Crippen molar-refractivity contribution >= 4 is 17.8 Å². The Labute approximate surface area is 124 Å². The van der Waals surface area contributed by atoms with Gasteiger partial charge in [0.15, 0.2) is 5.82 Å². The van der Waals surface area contributed by atoms with Gasteiger partial charge in [0.2, 0.25) is 0 Å². The van der Waals surface area contributed by atoms with Gasteiger partial charge in [0, 0.05) is 18.0 Å². The predicted octanol–water partition coefficient (Wildman–Crippen LogP) is 1.67. The second-order valence-corrected chi connectivity index (χ2v) is 4.72. The van der Waals surface area contributed by atoms with Crippen molar-refractivity contribution in [3.05, 3.63) is 59.9 Å². The summed E-state index contributed by atoms with van der Waals surface area (Å²) >= 11 is 0. The van der Waals surface area contributed by atoms with Crippen molar-refractivity contribution in [2.75, 3.05) is 4.90 Å². The van der Waals surface area contributed by atoms with Crippen LogP contribution in [-0.4, -0.2) is 32.0 Å². The summed E-state index contributed by atoms with van der Waals surface area (Å²) in [5, 5.41) is 6.70. The van der Waals surface area contributed by atoms with E-state index in [1.807, 2.05) is 0 Å². The molecule has 7 heteroatoms. The average molecular weight is 291 g/mol. The van der Waals surface area contributed by atoms with Crippen LogP contribution < -0.4 is 4.90 Å². The summed E-state index contributed by atoms with van der Waals surface area (Å²) in [5.74, 6) is -0.362. The molecule has 0 saturated carbocycles. The molecule has 0 spiro atoms. The van der Waals surface area contributed by atoms with Crippen LogP contribution in [0.5, 0.6) is 0 Å². The van der Waals surface area contributed by atoms with Gasteiger partial charge in [0.05, 0.1) is 11.1 Å². The normalized spacial score (nSPS) is 13.5. The lowest BCUT2D eigenvalue weighted by Crippen LogP contribution is -2.30. The maximum absolute atomic E-state index is 12.4. The Hall–Kier alpha value is -3.35. The van der Waals surface area contributed by atoms with Gasteiger partial charge < -0.3 is 0 Å². The molecule has 1 aliphatic rings. The number of amides is 2. The molecular formula is C15H9N5O2.